The molecule has 2 rings (SSSR count). The average molecular weight is 284 g/mol. The maximum Gasteiger partial charge on any atom is 0.257 e. The maximum absolute atomic E-state index is 11.2. The minimum Gasteiger partial charge on any atom is -0.484 e. The van der Waals surface area contributed by atoms with Crippen molar-refractivity contribution in [1.82, 2.24) is 5.32 Å². The molecule has 0 unspecified atom stereocenters. The predicted octanol–water partition coefficient (Wildman–Crippen LogP) is 2.73. The molecular formula is C17H20N2O2. The van der Waals surface area contributed by atoms with Gasteiger partial charge in [-0.15, -0.1) is 0 Å². The summed E-state index contributed by atoms with van der Waals surface area (Å²) in [5.74, 6) is 0.529. The SMILES string of the molecule is CNC(=O)COc1cccc(NCc2ccccc2C)c1. The first-order valence-corrected chi connectivity index (χ1v) is 6.91. The van der Waals surface area contributed by atoms with Gasteiger partial charge in [-0.25, -0.2) is 0 Å². The molecule has 4 nitrogen and oxygen atoms in total. The Morgan fingerprint density at radius 3 is 2.71 bits per heavy atom. The lowest BCUT2D eigenvalue weighted by molar-refractivity contribution is -0.122. The van der Waals surface area contributed by atoms with E-state index in [1.165, 1.54) is 11.1 Å². The van der Waals surface area contributed by atoms with Gasteiger partial charge < -0.3 is 15.4 Å². The van der Waals surface area contributed by atoms with Crippen LogP contribution in [0.2, 0.25) is 0 Å². The van der Waals surface area contributed by atoms with Gasteiger partial charge in [0.1, 0.15) is 5.75 Å². The lowest BCUT2D eigenvalue weighted by atomic mass is 10.1. The van der Waals surface area contributed by atoms with E-state index in [1.54, 1.807) is 7.05 Å². The Balaban J connectivity index is 1.95. The highest BCUT2D eigenvalue weighted by Gasteiger charge is 2.02. The Hall–Kier alpha value is -2.49. The zero-order valence-electron chi connectivity index (χ0n) is 12.3. The van der Waals surface area contributed by atoms with E-state index >= 15 is 0 Å². The first-order valence-electron chi connectivity index (χ1n) is 6.91. The molecule has 2 N–H and O–H groups in total. The lowest BCUT2D eigenvalue weighted by Crippen LogP contribution is -2.24. The molecule has 1 amide bonds. The van der Waals surface area contributed by atoms with Gasteiger partial charge in [0.25, 0.3) is 5.91 Å². The van der Waals surface area contributed by atoms with Crippen LogP contribution in [0.1, 0.15) is 11.1 Å². The number of carbonyl (C=O) groups excluding carboxylic acids is 1. The highest BCUT2D eigenvalue weighted by Crippen LogP contribution is 2.18. The van der Waals surface area contributed by atoms with Crippen LogP contribution in [0.15, 0.2) is 48.5 Å². The Morgan fingerprint density at radius 2 is 1.95 bits per heavy atom. The third-order valence-electron chi connectivity index (χ3n) is 3.23. The molecular weight excluding hydrogens is 264 g/mol. The van der Waals surface area contributed by atoms with Crippen LogP contribution in [-0.4, -0.2) is 19.6 Å². The molecule has 4 heteroatoms. The summed E-state index contributed by atoms with van der Waals surface area (Å²) in [6.45, 7) is 2.88. The van der Waals surface area contributed by atoms with E-state index in [-0.39, 0.29) is 12.5 Å². The molecule has 0 aliphatic rings. The van der Waals surface area contributed by atoms with E-state index in [9.17, 15) is 4.79 Å². The van der Waals surface area contributed by atoms with Crippen LogP contribution in [0.5, 0.6) is 5.75 Å². The molecule has 0 spiro atoms. The topological polar surface area (TPSA) is 50.4 Å². The van der Waals surface area contributed by atoms with E-state index in [2.05, 4.69) is 29.7 Å². The van der Waals surface area contributed by atoms with Crippen molar-refractivity contribution in [3.05, 3.63) is 59.7 Å². The van der Waals surface area contributed by atoms with E-state index in [0.717, 1.165) is 12.2 Å². The third kappa shape index (κ3) is 4.53. The Labute approximate surface area is 125 Å². The fourth-order valence-electron chi connectivity index (χ4n) is 1.92. The molecule has 2 aromatic rings. The number of benzene rings is 2. The fourth-order valence-corrected chi connectivity index (χ4v) is 1.92. The summed E-state index contributed by atoms with van der Waals surface area (Å²) in [5, 5.41) is 5.89. The molecule has 21 heavy (non-hydrogen) atoms. The predicted molar refractivity (Wildman–Crippen MR) is 84.5 cm³/mol. The minimum absolute atomic E-state index is 0.0255. The maximum atomic E-state index is 11.2. The number of amides is 1. The summed E-state index contributed by atoms with van der Waals surface area (Å²) in [4.78, 5) is 11.2. The van der Waals surface area contributed by atoms with Crippen LogP contribution in [0.4, 0.5) is 5.69 Å². The zero-order chi connectivity index (χ0) is 15.1. The summed E-state index contributed by atoms with van der Waals surface area (Å²) >= 11 is 0. The number of rotatable bonds is 6. The van der Waals surface area contributed by atoms with Gasteiger partial charge in [-0.2, -0.15) is 0 Å². The highest BCUT2D eigenvalue weighted by molar-refractivity contribution is 5.77. The number of ether oxygens (including phenoxy) is 1. The van der Waals surface area contributed by atoms with Crippen molar-refractivity contribution in [1.29, 1.82) is 0 Å². The molecule has 110 valence electrons. The first-order chi connectivity index (χ1) is 10.2. The quantitative estimate of drug-likeness (QED) is 0.857. The molecule has 0 fully saturated rings. The number of anilines is 1. The number of likely N-dealkylation sites (N-methyl/N-ethyl adjacent to an activating group) is 1. The van der Waals surface area contributed by atoms with Gasteiger partial charge in [0, 0.05) is 25.3 Å². The third-order valence-corrected chi connectivity index (χ3v) is 3.23. The molecule has 2 aromatic carbocycles. The van der Waals surface area contributed by atoms with Crippen LogP contribution < -0.4 is 15.4 Å². The minimum atomic E-state index is -0.145. The molecule has 0 saturated carbocycles. The molecule has 0 atom stereocenters. The lowest BCUT2D eigenvalue weighted by Gasteiger charge is -2.11. The monoisotopic (exact) mass is 284 g/mol. The summed E-state index contributed by atoms with van der Waals surface area (Å²) < 4.78 is 5.42. The molecule has 0 aliphatic carbocycles. The smallest absolute Gasteiger partial charge is 0.257 e. The molecule has 0 radical (unpaired) electrons. The van der Waals surface area contributed by atoms with Crippen molar-refractivity contribution < 1.29 is 9.53 Å². The standard InChI is InChI=1S/C17H20N2O2/c1-13-6-3-4-7-14(13)11-19-15-8-5-9-16(10-15)21-12-17(20)18-2/h3-10,19H,11-12H2,1-2H3,(H,18,20). The van der Waals surface area contributed by atoms with Gasteiger partial charge in [0.15, 0.2) is 6.61 Å². The van der Waals surface area contributed by atoms with Crippen molar-refractivity contribution in [2.24, 2.45) is 0 Å². The van der Waals surface area contributed by atoms with E-state index in [0.29, 0.717) is 5.75 Å². The average Bonchev–Trinajstić information content (AvgIpc) is 2.52. The molecule has 0 heterocycles. The number of nitrogens with one attached hydrogen (secondary N) is 2. The van der Waals surface area contributed by atoms with Crippen molar-refractivity contribution in [2.45, 2.75) is 13.5 Å². The number of hydrogen-bond acceptors (Lipinski definition) is 3. The molecule has 0 aliphatic heterocycles. The van der Waals surface area contributed by atoms with Gasteiger partial charge in [-0.05, 0) is 30.2 Å². The molecule has 0 bridgehead atoms. The van der Waals surface area contributed by atoms with Crippen molar-refractivity contribution in [2.75, 3.05) is 19.0 Å². The van der Waals surface area contributed by atoms with Gasteiger partial charge in [-0.3, -0.25) is 4.79 Å². The van der Waals surface area contributed by atoms with Gasteiger partial charge in [-0.1, -0.05) is 30.3 Å². The van der Waals surface area contributed by atoms with E-state index in [4.69, 9.17) is 4.74 Å². The zero-order valence-corrected chi connectivity index (χ0v) is 12.3. The van der Waals surface area contributed by atoms with Crippen LogP contribution in [0, 0.1) is 6.92 Å². The van der Waals surface area contributed by atoms with Crippen LogP contribution >= 0.6 is 0 Å². The Bertz CT molecular complexity index is 611. The van der Waals surface area contributed by atoms with Crippen molar-refractivity contribution >= 4 is 11.6 Å². The normalized spacial score (nSPS) is 10.0. The fraction of sp³-hybridized carbons (Fsp3) is 0.235. The second-order valence-corrected chi connectivity index (χ2v) is 4.77. The summed E-state index contributed by atoms with van der Waals surface area (Å²) in [5.41, 5.74) is 3.49. The van der Waals surface area contributed by atoms with Crippen LogP contribution in [-0.2, 0) is 11.3 Å². The molecule has 0 aromatic heterocycles. The first kappa shape index (κ1) is 14.9. The Kier molecular flexibility index (Phi) is 5.21. The van der Waals surface area contributed by atoms with Crippen LogP contribution in [0.25, 0.3) is 0 Å². The second kappa shape index (κ2) is 7.33. The van der Waals surface area contributed by atoms with Crippen LogP contribution in [0.3, 0.4) is 0 Å². The summed E-state index contributed by atoms with van der Waals surface area (Å²) in [7, 11) is 1.59. The Morgan fingerprint density at radius 1 is 1.14 bits per heavy atom. The second-order valence-electron chi connectivity index (χ2n) is 4.77. The van der Waals surface area contributed by atoms with Gasteiger partial charge in [0.2, 0.25) is 0 Å². The highest BCUT2D eigenvalue weighted by atomic mass is 16.5. The van der Waals surface area contributed by atoms with E-state index < -0.39 is 0 Å². The number of aryl methyl sites for hydroxylation is 1. The summed E-state index contributed by atoms with van der Waals surface area (Å²) in [6.07, 6.45) is 0. The number of carbonyl (C=O) groups is 1. The number of hydrogen-bond donors (Lipinski definition) is 2. The van der Waals surface area contributed by atoms with Gasteiger partial charge in [0.05, 0.1) is 0 Å². The van der Waals surface area contributed by atoms with E-state index in [1.807, 2.05) is 36.4 Å². The van der Waals surface area contributed by atoms with Gasteiger partial charge >= 0.3 is 0 Å². The summed E-state index contributed by atoms with van der Waals surface area (Å²) in [6, 6.07) is 15.9. The largest absolute Gasteiger partial charge is 0.484 e. The van der Waals surface area contributed by atoms with Crippen molar-refractivity contribution in [3.8, 4) is 5.75 Å². The van der Waals surface area contributed by atoms with Crippen molar-refractivity contribution in [3.63, 3.8) is 0 Å². The molecule has 0 saturated heterocycles.